The van der Waals surface area contributed by atoms with Crippen LogP contribution >= 0.6 is 0 Å². The third-order valence-corrected chi connectivity index (χ3v) is 2.21. The van der Waals surface area contributed by atoms with Gasteiger partial charge in [0.1, 0.15) is 0 Å². The van der Waals surface area contributed by atoms with Gasteiger partial charge in [0.05, 0.1) is 5.69 Å². The summed E-state index contributed by atoms with van der Waals surface area (Å²) >= 11 is 0. The van der Waals surface area contributed by atoms with Crippen molar-refractivity contribution in [1.29, 1.82) is 0 Å². The van der Waals surface area contributed by atoms with Crippen LogP contribution < -0.4 is 11.3 Å². The number of hydrogen-bond donors (Lipinski definition) is 2. The number of rotatable bonds is 3. The Bertz CT molecular complexity index is 476. The molecule has 2 rings (SSSR count). The molecule has 0 unspecified atom stereocenters. The third kappa shape index (κ3) is 2.01. The van der Waals surface area contributed by atoms with Gasteiger partial charge in [-0.15, -0.1) is 0 Å². The minimum Gasteiger partial charge on any atom is -0.292 e. The van der Waals surface area contributed by atoms with Crippen LogP contribution in [0, 0.1) is 0 Å². The molecule has 0 atom stereocenters. The first-order valence-electron chi connectivity index (χ1n) is 5.06. The van der Waals surface area contributed by atoms with Gasteiger partial charge in [0.25, 0.3) is 0 Å². The van der Waals surface area contributed by atoms with Crippen molar-refractivity contribution >= 4 is 5.95 Å². The third-order valence-electron chi connectivity index (χ3n) is 2.21. The van der Waals surface area contributed by atoms with E-state index in [1.54, 1.807) is 16.9 Å². The standard InChI is InChI=1S/C10H14N6/c1-7(2)8-4-6-16(15-8)9-3-5-12-10(13-9)14-11/h3-7H,11H2,1-2H3,(H,12,13,14). The van der Waals surface area contributed by atoms with E-state index >= 15 is 0 Å². The molecule has 0 saturated carbocycles. The van der Waals surface area contributed by atoms with Gasteiger partial charge in [-0.25, -0.2) is 15.5 Å². The normalized spacial score (nSPS) is 10.8. The van der Waals surface area contributed by atoms with E-state index in [0.29, 0.717) is 17.7 Å². The van der Waals surface area contributed by atoms with Gasteiger partial charge in [-0.05, 0) is 12.0 Å². The monoisotopic (exact) mass is 218 g/mol. The SMILES string of the molecule is CC(C)c1ccn(-c2ccnc(NN)n2)n1. The molecular weight excluding hydrogens is 204 g/mol. The molecule has 0 spiro atoms. The summed E-state index contributed by atoms with van der Waals surface area (Å²) in [5, 5.41) is 4.41. The highest BCUT2D eigenvalue weighted by atomic mass is 15.3. The summed E-state index contributed by atoms with van der Waals surface area (Å²) in [6.07, 6.45) is 3.51. The number of aromatic nitrogens is 4. The molecule has 0 aliphatic rings. The van der Waals surface area contributed by atoms with E-state index in [4.69, 9.17) is 5.84 Å². The molecule has 84 valence electrons. The summed E-state index contributed by atoms with van der Waals surface area (Å²) < 4.78 is 1.71. The Balaban J connectivity index is 2.34. The number of hydrazine groups is 1. The van der Waals surface area contributed by atoms with Crippen LogP contribution in [0.2, 0.25) is 0 Å². The largest absolute Gasteiger partial charge is 0.292 e. The highest BCUT2D eigenvalue weighted by Crippen LogP contribution is 2.13. The summed E-state index contributed by atoms with van der Waals surface area (Å²) in [7, 11) is 0. The van der Waals surface area contributed by atoms with E-state index in [-0.39, 0.29) is 0 Å². The Morgan fingerprint density at radius 1 is 1.38 bits per heavy atom. The van der Waals surface area contributed by atoms with Crippen molar-refractivity contribution in [1.82, 2.24) is 19.7 Å². The van der Waals surface area contributed by atoms with Crippen molar-refractivity contribution in [3.63, 3.8) is 0 Å². The van der Waals surface area contributed by atoms with Gasteiger partial charge in [-0.3, -0.25) is 5.43 Å². The van der Waals surface area contributed by atoms with Crippen LogP contribution in [0.4, 0.5) is 5.95 Å². The molecule has 2 aromatic heterocycles. The average Bonchev–Trinajstić information content (AvgIpc) is 2.78. The van der Waals surface area contributed by atoms with E-state index in [9.17, 15) is 0 Å². The zero-order valence-electron chi connectivity index (χ0n) is 9.25. The fraction of sp³-hybridized carbons (Fsp3) is 0.300. The maximum atomic E-state index is 5.25. The van der Waals surface area contributed by atoms with Gasteiger partial charge in [-0.2, -0.15) is 10.1 Å². The molecular formula is C10H14N6. The van der Waals surface area contributed by atoms with Gasteiger partial charge in [0.15, 0.2) is 5.82 Å². The molecule has 3 N–H and O–H groups in total. The summed E-state index contributed by atoms with van der Waals surface area (Å²) in [6.45, 7) is 4.19. The summed E-state index contributed by atoms with van der Waals surface area (Å²) in [5.41, 5.74) is 3.43. The smallest absolute Gasteiger partial charge is 0.239 e. The summed E-state index contributed by atoms with van der Waals surface area (Å²) in [4.78, 5) is 8.12. The first kappa shape index (κ1) is 10.6. The molecule has 0 amide bonds. The van der Waals surface area contributed by atoms with Crippen LogP contribution in [-0.4, -0.2) is 19.7 Å². The predicted molar refractivity (Wildman–Crippen MR) is 61.1 cm³/mol. The molecule has 6 heteroatoms. The minimum atomic E-state index is 0.374. The second kappa shape index (κ2) is 4.28. The zero-order valence-corrected chi connectivity index (χ0v) is 9.25. The molecule has 2 heterocycles. The summed E-state index contributed by atoms with van der Waals surface area (Å²) in [5.74, 6) is 6.71. The molecule has 0 radical (unpaired) electrons. The van der Waals surface area contributed by atoms with Crippen molar-refractivity contribution in [3.8, 4) is 5.82 Å². The van der Waals surface area contributed by atoms with Crippen LogP contribution in [0.25, 0.3) is 5.82 Å². The van der Waals surface area contributed by atoms with Crippen LogP contribution in [0.15, 0.2) is 24.5 Å². The number of hydrogen-bond acceptors (Lipinski definition) is 5. The lowest BCUT2D eigenvalue weighted by Gasteiger charge is -2.03. The van der Waals surface area contributed by atoms with E-state index in [0.717, 1.165) is 5.69 Å². The van der Waals surface area contributed by atoms with Crippen LogP contribution in [0.1, 0.15) is 25.5 Å². The molecule has 0 aliphatic carbocycles. The fourth-order valence-electron chi connectivity index (χ4n) is 1.32. The second-order valence-electron chi connectivity index (χ2n) is 3.72. The van der Waals surface area contributed by atoms with Gasteiger partial charge in [0.2, 0.25) is 5.95 Å². The molecule has 6 nitrogen and oxygen atoms in total. The lowest BCUT2D eigenvalue weighted by atomic mass is 10.1. The Morgan fingerprint density at radius 3 is 2.81 bits per heavy atom. The number of nitrogens with one attached hydrogen (secondary N) is 1. The Morgan fingerprint density at radius 2 is 2.19 bits per heavy atom. The fourth-order valence-corrected chi connectivity index (χ4v) is 1.32. The molecule has 2 aromatic rings. The molecule has 0 bridgehead atoms. The topological polar surface area (TPSA) is 81.7 Å². The summed E-state index contributed by atoms with van der Waals surface area (Å²) in [6, 6.07) is 3.75. The lowest BCUT2D eigenvalue weighted by Crippen LogP contribution is -2.11. The molecule has 16 heavy (non-hydrogen) atoms. The van der Waals surface area contributed by atoms with Crippen molar-refractivity contribution in [2.75, 3.05) is 5.43 Å². The van der Waals surface area contributed by atoms with Crippen molar-refractivity contribution in [2.24, 2.45) is 5.84 Å². The van der Waals surface area contributed by atoms with Gasteiger partial charge in [-0.1, -0.05) is 13.8 Å². The first-order valence-corrected chi connectivity index (χ1v) is 5.06. The quantitative estimate of drug-likeness (QED) is 0.595. The average molecular weight is 218 g/mol. The lowest BCUT2D eigenvalue weighted by molar-refractivity contribution is 0.756. The van der Waals surface area contributed by atoms with E-state index < -0.39 is 0 Å². The highest BCUT2D eigenvalue weighted by molar-refractivity contribution is 5.30. The van der Waals surface area contributed by atoms with Crippen molar-refractivity contribution in [3.05, 3.63) is 30.2 Å². The van der Waals surface area contributed by atoms with Crippen LogP contribution in [-0.2, 0) is 0 Å². The Labute approximate surface area is 93.5 Å². The van der Waals surface area contributed by atoms with E-state index in [1.807, 2.05) is 12.3 Å². The van der Waals surface area contributed by atoms with Gasteiger partial charge in [0, 0.05) is 18.5 Å². The minimum absolute atomic E-state index is 0.374. The maximum Gasteiger partial charge on any atom is 0.239 e. The molecule has 0 fully saturated rings. The van der Waals surface area contributed by atoms with E-state index in [2.05, 4.69) is 34.3 Å². The zero-order chi connectivity index (χ0) is 11.5. The molecule has 0 aromatic carbocycles. The number of nitrogens with two attached hydrogens (primary N) is 1. The van der Waals surface area contributed by atoms with E-state index in [1.165, 1.54) is 0 Å². The predicted octanol–water partition coefficient (Wildman–Crippen LogP) is 1.07. The van der Waals surface area contributed by atoms with Gasteiger partial charge < -0.3 is 0 Å². The van der Waals surface area contributed by atoms with Crippen molar-refractivity contribution < 1.29 is 0 Å². The van der Waals surface area contributed by atoms with Crippen LogP contribution in [0.5, 0.6) is 0 Å². The number of nitrogens with zero attached hydrogens (tertiary/aromatic N) is 4. The molecule has 0 aliphatic heterocycles. The van der Waals surface area contributed by atoms with Gasteiger partial charge >= 0.3 is 0 Å². The number of anilines is 1. The Hall–Kier alpha value is -1.95. The number of nitrogen functional groups attached to an aromatic ring is 1. The highest BCUT2D eigenvalue weighted by Gasteiger charge is 2.06. The molecule has 0 saturated heterocycles. The second-order valence-corrected chi connectivity index (χ2v) is 3.72. The first-order chi connectivity index (χ1) is 7.70. The Kier molecular flexibility index (Phi) is 2.82. The maximum absolute atomic E-state index is 5.25. The van der Waals surface area contributed by atoms with Crippen molar-refractivity contribution in [2.45, 2.75) is 19.8 Å². The van der Waals surface area contributed by atoms with Crippen LogP contribution in [0.3, 0.4) is 0 Å².